The van der Waals surface area contributed by atoms with Crippen molar-refractivity contribution in [2.24, 2.45) is 0 Å². The number of nitrogens with zero attached hydrogens (tertiary/aromatic N) is 3. The van der Waals surface area contributed by atoms with E-state index in [2.05, 4.69) is 40.7 Å². The van der Waals surface area contributed by atoms with Gasteiger partial charge in [-0.25, -0.2) is 4.98 Å². The van der Waals surface area contributed by atoms with Gasteiger partial charge in [0.05, 0.1) is 30.5 Å². The van der Waals surface area contributed by atoms with Crippen LogP contribution in [-0.2, 0) is 11.3 Å². The van der Waals surface area contributed by atoms with Crippen molar-refractivity contribution in [3.63, 3.8) is 0 Å². The van der Waals surface area contributed by atoms with E-state index < -0.39 is 0 Å². The zero-order chi connectivity index (χ0) is 19.3. The second kappa shape index (κ2) is 8.69. The van der Waals surface area contributed by atoms with Crippen LogP contribution < -0.4 is 0 Å². The molecule has 1 aromatic carbocycles. The number of aromatic nitrogens is 2. The molecule has 0 bridgehead atoms. The summed E-state index contributed by atoms with van der Waals surface area (Å²) in [6.07, 6.45) is 7.03. The third-order valence-electron chi connectivity index (χ3n) is 5.09. The summed E-state index contributed by atoms with van der Waals surface area (Å²) < 4.78 is 7.70. The zero-order valence-electron chi connectivity index (χ0n) is 16.1. The van der Waals surface area contributed by atoms with Crippen LogP contribution in [0.5, 0.6) is 0 Å². The molecule has 1 saturated heterocycles. The average molecular weight is 396 g/mol. The Hall–Kier alpha value is -2.47. The molecule has 0 spiro atoms. The van der Waals surface area contributed by atoms with Gasteiger partial charge in [0.2, 0.25) is 5.91 Å². The fraction of sp³-hybridized carbons (Fsp3) is 0.364. The number of amides is 1. The lowest BCUT2D eigenvalue weighted by Gasteiger charge is -2.26. The standard InChI is InChI=1S/C22H25N3O2S/c1-17-7-9-18(10-8-17)20-14-23-22(25(20)15-19-6-5-13-27-19)28-16-21(26)24-11-3-2-4-12-24/h5-10,13-14H,2-4,11-12,15-16H2,1H3. The van der Waals surface area contributed by atoms with Crippen LogP contribution in [0.1, 0.15) is 30.6 Å². The first kappa shape index (κ1) is 18.9. The topological polar surface area (TPSA) is 51.3 Å². The minimum absolute atomic E-state index is 0.203. The first-order valence-corrected chi connectivity index (χ1v) is 10.7. The van der Waals surface area contributed by atoms with Crippen LogP contribution in [-0.4, -0.2) is 39.2 Å². The van der Waals surface area contributed by atoms with Crippen molar-refractivity contribution in [1.82, 2.24) is 14.5 Å². The van der Waals surface area contributed by atoms with E-state index in [9.17, 15) is 4.79 Å². The molecule has 146 valence electrons. The quantitative estimate of drug-likeness (QED) is 0.572. The van der Waals surface area contributed by atoms with Crippen molar-refractivity contribution in [3.8, 4) is 11.3 Å². The van der Waals surface area contributed by atoms with Crippen LogP contribution in [0.4, 0.5) is 0 Å². The highest BCUT2D eigenvalue weighted by Crippen LogP contribution is 2.28. The van der Waals surface area contributed by atoms with E-state index in [1.165, 1.54) is 23.7 Å². The smallest absolute Gasteiger partial charge is 0.233 e. The molecule has 0 radical (unpaired) electrons. The number of hydrogen-bond donors (Lipinski definition) is 0. The number of carbonyl (C=O) groups is 1. The largest absolute Gasteiger partial charge is 0.467 e. The maximum atomic E-state index is 12.6. The molecule has 4 rings (SSSR count). The Bertz CT molecular complexity index is 910. The minimum Gasteiger partial charge on any atom is -0.467 e. The number of rotatable bonds is 6. The summed E-state index contributed by atoms with van der Waals surface area (Å²) >= 11 is 1.51. The predicted octanol–water partition coefficient (Wildman–Crippen LogP) is 4.60. The molecule has 5 nitrogen and oxygen atoms in total. The summed E-state index contributed by atoms with van der Waals surface area (Å²) in [7, 11) is 0. The molecule has 3 heterocycles. The Labute approximate surface area is 169 Å². The molecule has 0 aliphatic carbocycles. The van der Waals surface area contributed by atoms with Crippen LogP contribution in [0.25, 0.3) is 11.3 Å². The number of piperidine rings is 1. The number of furan rings is 1. The fourth-order valence-corrected chi connectivity index (χ4v) is 4.38. The van der Waals surface area contributed by atoms with Gasteiger partial charge in [-0.2, -0.15) is 0 Å². The summed E-state index contributed by atoms with van der Waals surface area (Å²) in [4.78, 5) is 19.2. The second-order valence-corrected chi connectivity index (χ2v) is 8.13. The van der Waals surface area contributed by atoms with E-state index in [1.54, 1.807) is 6.26 Å². The Morgan fingerprint density at radius 2 is 1.93 bits per heavy atom. The molecule has 1 fully saturated rings. The predicted molar refractivity (Wildman–Crippen MR) is 111 cm³/mol. The van der Waals surface area contributed by atoms with Gasteiger partial charge < -0.3 is 13.9 Å². The van der Waals surface area contributed by atoms with Gasteiger partial charge in [-0.15, -0.1) is 0 Å². The first-order valence-electron chi connectivity index (χ1n) is 9.76. The molecule has 0 N–H and O–H groups in total. The van der Waals surface area contributed by atoms with Crippen molar-refractivity contribution in [2.45, 2.75) is 37.9 Å². The van der Waals surface area contributed by atoms with Gasteiger partial charge in [-0.05, 0) is 43.9 Å². The first-order chi connectivity index (χ1) is 13.7. The lowest BCUT2D eigenvalue weighted by Crippen LogP contribution is -2.36. The molecule has 28 heavy (non-hydrogen) atoms. The molecule has 1 aliphatic heterocycles. The van der Waals surface area contributed by atoms with Gasteiger partial charge in [0.25, 0.3) is 0 Å². The van der Waals surface area contributed by atoms with E-state index in [1.807, 2.05) is 23.2 Å². The van der Waals surface area contributed by atoms with E-state index in [0.29, 0.717) is 12.3 Å². The lowest BCUT2D eigenvalue weighted by atomic mass is 10.1. The lowest BCUT2D eigenvalue weighted by molar-refractivity contribution is -0.129. The van der Waals surface area contributed by atoms with E-state index in [4.69, 9.17) is 4.42 Å². The summed E-state index contributed by atoms with van der Waals surface area (Å²) in [5, 5.41) is 0.845. The van der Waals surface area contributed by atoms with Gasteiger partial charge in [0, 0.05) is 13.1 Å². The SMILES string of the molecule is Cc1ccc(-c2cnc(SCC(=O)N3CCCCC3)n2Cc2ccco2)cc1. The van der Waals surface area contributed by atoms with E-state index in [-0.39, 0.29) is 5.91 Å². The molecular weight excluding hydrogens is 370 g/mol. The summed E-state index contributed by atoms with van der Waals surface area (Å²) in [5.41, 5.74) is 3.37. The number of thioether (sulfide) groups is 1. The number of benzene rings is 1. The van der Waals surface area contributed by atoms with Crippen LogP contribution in [0.3, 0.4) is 0 Å². The summed E-state index contributed by atoms with van der Waals surface area (Å²) in [5.74, 6) is 1.49. The Morgan fingerprint density at radius 1 is 1.14 bits per heavy atom. The number of aryl methyl sites for hydroxylation is 1. The van der Waals surface area contributed by atoms with Crippen LogP contribution in [0.2, 0.25) is 0 Å². The molecular formula is C22H25N3O2S. The average Bonchev–Trinajstić information content (AvgIpc) is 3.38. The van der Waals surface area contributed by atoms with Crippen molar-refractivity contribution in [1.29, 1.82) is 0 Å². The zero-order valence-corrected chi connectivity index (χ0v) is 17.0. The maximum absolute atomic E-state index is 12.6. The highest BCUT2D eigenvalue weighted by atomic mass is 32.2. The molecule has 1 aliphatic rings. The molecule has 0 atom stereocenters. The Morgan fingerprint density at radius 3 is 2.64 bits per heavy atom. The minimum atomic E-state index is 0.203. The van der Waals surface area contributed by atoms with Gasteiger partial charge in [0.1, 0.15) is 5.76 Å². The van der Waals surface area contributed by atoms with Crippen LogP contribution in [0, 0.1) is 6.92 Å². The van der Waals surface area contributed by atoms with Crippen molar-refractivity contribution in [3.05, 3.63) is 60.2 Å². The summed E-state index contributed by atoms with van der Waals surface area (Å²) in [6, 6.07) is 12.3. The highest BCUT2D eigenvalue weighted by Gasteiger charge is 2.19. The van der Waals surface area contributed by atoms with E-state index >= 15 is 0 Å². The van der Waals surface area contributed by atoms with Crippen LogP contribution >= 0.6 is 11.8 Å². The Balaban J connectivity index is 1.55. The molecule has 6 heteroatoms. The second-order valence-electron chi connectivity index (χ2n) is 7.19. The van der Waals surface area contributed by atoms with Crippen molar-refractivity contribution < 1.29 is 9.21 Å². The molecule has 0 unspecified atom stereocenters. The van der Waals surface area contributed by atoms with Crippen LogP contribution in [0.15, 0.2) is 58.4 Å². The van der Waals surface area contributed by atoms with Gasteiger partial charge >= 0.3 is 0 Å². The molecule has 3 aromatic rings. The molecule has 0 saturated carbocycles. The van der Waals surface area contributed by atoms with E-state index in [0.717, 1.165) is 48.1 Å². The summed E-state index contributed by atoms with van der Waals surface area (Å²) in [6.45, 7) is 4.44. The highest BCUT2D eigenvalue weighted by molar-refractivity contribution is 7.99. The number of imidazole rings is 1. The molecule has 2 aromatic heterocycles. The monoisotopic (exact) mass is 395 g/mol. The van der Waals surface area contributed by atoms with Gasteiger partial charge in [-0.3, -0.25) is 4.79 Å². The van der Waals surface area contributed by atoms with Gasteiger partial charge in [-0.1, -0.05) is 41.6 Å². The fourth-order valence-electron chi connectivity index (χ4n) is 3.50. The number of hydrogen-bond acceptors (Lipinski definition) is 4. The third-order valence-corrected chi connectivity index (χ3v) is 6.07. The number of carbonyl (C=O) groups excluding carboxylic acids is 1. The van der Waals surface area contributed by atoms with Crippen molar-refractivity contribution in [2.75, 3.05) is 18.8 Å². The third kappa shape index (κ3) is 4.33. The van der Waals surface area contributed by atoms with Gasteiger partial charge in [0.15, 0.2) is 5.16 Å². The maximum Gasteiger partial charge on any atom is 0.233 e. The van der Waals surface area contributed by atoms with Crippen molar-refractivity contribution >= 4 is 17.7 Å². The molecule has 1 amide bonds. The normalized spacial score (nSPS) is 14.4. The Kier molecular flexibility index (Phi) is 5.86. The number of likely N-dealkylation sites (tertiary alicyclic amines) is 1.